The molecular formula is C13H14ClNO3. The summed E-state index contributed by atoms with van der Waals surface area (Å²) in [4.78, 5) is 11.8. The fourth-order valence-electron chi connectivity index (χ4n) is 1.91. The van der Waals surface area contributed by atoms with Gasteiger partial charge in [-0.2, -0.15) is 0 Å². The lowest BCUT2D eigenvalue weighted by Crippen LogP contribution is -2.09. The van der Waals surface area contributed by atoms with Gasteiger partial charge in [-0.05, 0) is 25.1 Å². The zero-order chi connectivity index (χ0) is 13.3. The molecule has 96 valence electrons. The second kappa shape index (κ2) is 4.90. The molecule has 0 unspecified atom stereocenters. The van der Waals surface area contributed by atoms with Crippen LogP contribution < -0.4 is 4.74 Å². The molecule has 0 aliphatic carbocycles. The number of carbonyl (C=O) groups is 1. The SMILES string of the molecule is CCOC(=O)c1cc2c(Cl)c(OC)ccc2n1C. The number of esters is 1. The summed E-state index contributed by atoms with van der Waals surface area (Å²) in [5, 5.41) is 1.28. The molecule has 0 amide bonds. The van der Waals surface area contributed by atoms with Crippen molar-refractivity contribution in [2.45, 2.75) is 6.92 Å². The quantitative estimate of drug-likeness (QED) is 0.803. The number of benzene rings is 1. The van der Waals surface area contributed by atoms with E-state index in [4.69, 9.17) is 21.1 Å². The molecule has 2 aromatic rings. The molecule has 0 aliphatic rings. The zero-order valence-corrected chi connectivity index (χ0v) is 11.2. The van der Waals surface area contributed by atoms with Gasteiger partial charge in [0, 0.05) is 12.4 Å². The first-order valence-electron chi connectivity index (χ1n) is 5.59. The van der Waals surface area contributed by atoms with Crippen LogP contribution in [0.2, 0.25) is 5.02 Å². The summed E-state index contributed by atoms with van der Waals surface area (Å²) >= 11 is 6.22. The third-order valence-electron chi connectivity index (χ3n) is 2.83. The molecule has 4 nitrogen and oxygen atoms in total. The van der Waals surface area contributed by atoms with Gasteiger partial charge in [-0.25, -0.2) is 4.79 Å². The Bertz CT molecular complexity index is 604. The summed E-state index contributed by atoms with van der Waals surface area (Å²) < 4.78 is 11.9. The van der Waals surface area contributed by atoms with Crippen molar-refractivity contribution < 1.29 is 14.3 Å². The molecular weight excluding hydrogens is 254 g/mol. The molecule has 5 heteroatoms. The molecule has 1 aromatic carbocycles. The Hall–Kier alpha value is -1.68. The number of ether oxygens (including phenoxy) is 2. The molecule has 0 spiro atoms. The molecule has 2 rings (SSSR count). The van der Waals surface area contributed by atoms with Gasteiger partial charge in [-0.1, -0.05) is 11.6 Å². The largest absolute Gasteiger partial charge is 0.495 e. The Morgan fingerprint density at radius 3 is 2.78 bits per heavy atom. The van der Waals surface area contributed by atoms with Crippen LogP contribution in [0.1, 0.15) is 17.4 Å². The fraction of sp³-hybridized carbons (Fsp3) is 0.308. The number of hydrogen-bond donors (Lipinski definition) is 0. The Morgan fingerprint density at radius 1 is 1.44 bits per heavy atom. The minimum atomic E-state index is -0.355. The predicted octanol–water partition coefficient (Wildman–Crippen LogP) is 3.02. The van der Waals surface area contributed by atoms with Crippen molar-refractivity contribution in [3.05, 3.63) is 28.9 Å². The second-order valence-corrected chi connectivity index (χ2v) is 4.20. The van der Waals surface area contributed by atoms with Crippen molar-refractivity contribution in [2.24, 2.45) is 7.05 Å². The van der Waals surface area contributed by atoms with E-state index in [1.807, 2.05) is 6.07 Å². The number of aromatic nitrogens is 1. The molecule has 0 aliphatic heterocycles. The first-order valence-corrected chi connectivity index (χ1v) is 5.97. The second-order valence-electron chi connectivity index (χ2n) is 3.82. The Morgan fingerprint density at radius 2 is 2.17 bits per heavy atom. The minimum absolute atomic E-state index is 0.345. The molecule has 0 N–H and O–H groups in total. The highest BCUT2D eigenvalue weighted by atomic mass is 35.5. The van der Waals surface area contributed by atoms with Crippen LogP contribution in [0.5, 0.6) is 5.75 Å². The van der Waals surface area contributed by atoms with Crippen LogP contribution in [0.25, 0.3) is 10.9 Å². The first-order chi connectivity index (χ1) is 8.60. The van der Waals surface area contributed by atoms with E-state index in [1.165, 1.54) is 0 Å². The predicted molar refractivity (Wildman–Crippen MR) is 70.4 cm³/mol. The number of hydrogen-bond acceptors (Lipinski definition) is 3. The highest BCUT2D eigenvalue weighted by molar-refractivity contribution is 6.37. The van der Waals surface area contributed by atoms with Crippen molar-refractivity contribution in [2.75, 3.05) is 13.7 Å². The number of rotatable bonds is 3. The summed E-state index contributed by atoms with van der Waals surface area (Å²) in [5.74, 6) is 0.233. The van der Waals surface area contributed by atoms with Crippen molar-refractivity contribution in [1.29, 1.82) is 0 Å². The summed E-state index contributed by atoms with van der Waals surface area (Å²) in [7, 11) is 3.36. The van der Waals surface area contributed by atoms with Crippen LogP contribution in [0.15, 0.2) is 18.2 Å². The van der Waals surface area contributed by atoms with E-state index >= 15 is 0 Å². The van der Waals surface area contributed by atoms with Crippen molar-refractivity contribution in [1.82, 2.24) is 4.57 Å². The lowest BCUT2D eigenvalue weighted by molar-refractivity contribution is 0.0516. The molecule has 0 fully saturated rings. The third-order valence-corrected chi connectivity index (χ3v) is 3.22. The van der Waals surface area contributed by atoms with Crippen molar-refractivity contribution >= 4 is 28.5 Å². The van der Waals surface area contributed by atoms with Crippen molar-refractivity contribution in [3.63, 3.8) is 0 Å². The molecule has 0 radical (unpaired) electrons. The maximum atomic E-state index is 11.8. The van der Waals surface area contributed by atoms with Crippen LogP contribution in [-0.4, -0.2) is 24.3 Å². The van der Waals surface area contributed by atoms with E-state index in [0.717, 1.165) is 10.9 Å². The zero-order valence-electron chi connectivity index (χ0n) is 10.5. The maximum Gasteiger partial charge on any atom is 0.354 e. The van der Waals surface area contributed by atoms with Gasteiger partial charge in [0.2, 0.25) is 0 Å². The van der Waals surface area contributed by atoms with Crippen LogP contribution >= 0.6 is 11.6 Å². The maximum absolute atomic E-state index is 11.8. The average Bonchev–Trinajstić information content (AvgIpc) is 2.69. The van der Waals surface area contributed by atoms with Gasteiger partial charge in [-0.3, -0.25) is 0 Å². The number of aryl methyl sites for hydroxylation is 1. The monoisotopic (exact) mass is 267 g/mol. The van der Waals surface area contributed by atoms with E-state index in [-0.39, 0.29) is 5.97 Å². The summed E-state index contributed by atoms with van der Waals surface area (Å²) in [6, 6.07) is 5.36. The lowest BCUT2D eigenvalue weighted by Gasteiger charge is -2.05. The summed E-state index contributed by atoms with van der Waals surface area (Å²) in [6.45, 7) is 2.12. The van der Waals surface area contributed by atoms with E-state index in [1.54, 1.807) is 37.8 Å². The molecule has 1 heterocycles. The van der Waals surface area contributed by atoms with Gasteiger partial charge in [-0.15, -0.1) is 0 Å². The molecule has 0 atom stereocenters. The Kier molecular flexibility index (Phi) is 3.48. The molecule has 1 aromatic heterocycles. The first kappa shape index (κ1) is 12.8. The number of methoxy groups -OCH3 is 1. The van der Waals surface area contributed by atoms with Gasteiger partial charge < -0.3 is 14.0 Å². The number of nitrogens with zero attached hydrogens (tertiary/aromatic N) is 1. The van der Waals surface area contributed by atoms with E-state index in [0.29, 0.717) is 23.1 Å². The van der Waals surface area contributed by atoms with Gasteiger partial charge in [0.15, 0.2) is 0 Å². The standard InChI is InChI=1S/C13H14ClNO3/c1-4-18-13(16)10-7-8-9(15(10)2)5-6-11(17-3)12(8)14/h5-7H,4H2,1-3H3. The smallest absolute Gasteiger partial charge is 0.354 e. The Balaban J connectivity index is 2.62. The Labute approximate surface area is 110 Å². The van der Waals surface area contributed by atoms with E-state index in [9.17, 15) is 4.79 Å². The topological polar surface area (TPSA) is 40.5 Å². The molecule has 0 bridgehead atoms. The number of halogens is 1. The molecule has 0 saturated heterocycles. The average molecular weight is 268 g/mol. The van der Waals surface area contributed by atoms with Crippen LogP contribution in [0.3, 0.4) is 0 Å². The summed E-state index contributed by atoms with van der Waals surface area (Å²) in [6.07, 6.45) is 0. The summed E-state index contributed by atoms with van der Waals surface area (Å²) in [5.41, 5.74) is 1.34. The normalized spacial score (nSPS) is 10.7. The van der Waals surface area contributed by atoms with E-state index < -0.39 is 0 Å². The lowest BCUT2D eigenvalue weighted by atomic mass is 10.2. The third kappa shape index (κ3) is 1.93. The van der Waals surface area contributed by atoms with Crippen LogP contribution in [0.4, 0.5) is 0 Å². The fourth-order valence-corrected chi connectivity index (χ4v) is 2.21. The highest BCUT2D eigenvalue weighted by Crippen LogP contribution is 2.34. The molecule has 18 heavy (non-hydrogen) atoms. The highest BCUT2D eigenvalue weighted by Gasteiger charge is 2.17. The van der Waals surface area contributed by atoms with Gasteiger partial charge in [0.1, 0.15) is 11.4 Å². The minimum Gasteiger partial charge on any atom is -0.495 e. The van der Waals surface area contributed by atoms with Crippen LogP contribution in [0, 0.1) is 0 Å². The number of carbonyl (C=O) groups excluding carboxylic acids is 1. The van der Waals surface area contributed by atoms with Crippen LogP contribution in [-0.2, 0) is 11.8 Å². The van der Waals surface area contributed by atoms with Gasteiger partial charge in [0.05, 0.1) is 24.3 Å². The van der Waals surface area contributed by atoms with Gasteiger partial charge in [0.25, 0.3) is 0 Å². The van der Waals surface area contributed by atoms with Gasteiger partial charge >= 0.3 is 5.97 Å². The molecule has 0 saturated carbocycles. The van der Waals surface area contributed by atoms with E-state index in [2.05, 4.69) is 0 Å². The van der Waals surface area contributed by atoms with Crippen molar-refractivity contribution in [3.8, 4) is 5.75 Å². The number of fused-ring (bicyclic) bond motifs is 1.